The summed E-state index contributed by atoms with van der Waals surface area (Å²) in [5.41, 5.74) is 14.0. The Hall–Kier alpha value is -9.09. The molecule has 0 bridgehead atoms. The Morgan fingerprint density at radius 3 is 1.85 bits per heavy atom. The van der Waals surface area contributed by atoms with Crippen molar-refractivity contribution in [1.82, 2.24) is 9.55 Å². The van der Waals surface area contributed by atoms with Crippen LogP contribution in [0.15, 0.2) is 247 Å². The fourth-order valence-electron chi connectivity index (χ4n) is 11.3. The highest BCUT2D eigenvalue weighted by Gasteiger charge is 2.23. The normalized spacial score (nSPS) is 11.9. The van der Waals surface area contributed by atoms with Gasteiger partial charge in [0.1, 0.15) is 17.0 Å². The van der Waals surface area contributed by atoms with Gasteiger partial charge in [0, 0.05) is 37.2 Å². The van der Waals surface area contributed by atoms with Crippen molar-refractivity contribution in [2.24, 2.45) is 0 Å². The van der Waals surface area contributed by atoms with E-state index in [2.05, 4.69) is 247 Å². The van der Waals surface area contributed by atoms with E-state index in [0.717, 1.165) is 66.7 Å². The molecule has 71 heavy (non-hydrogen) atoms. The fourth-order valence-corrected chi connectivity index (χ4v) is 12.4. The standard InChI is InChI=1S/C67H40N2OS/c1-2-20-50(21-3-1)69-60-27-12-11-26-59(60)68-67(69)49-34-47(44-30-32-61-56(37-44)57-36-42-16-4-5-17-43(42)39-62(57)70-61)33-48(35-49)65-53-23-9-10-24-54(53)66(64-40-46-18-7-13-28-63(46)71-64)58-38-45(29-31-55(58)65)52-25-14-19-41-15-6-8-22-51(41)52/h1-40H. The topological polar surface area (TPSA) is 31.0 Å². The van der Waals surface area contributed by atoms with Crippen molar-refractivity contribution in [3.63, 3.8) is 0 Å². The molecule has 0 spiro atoms. The van der Waals surface area contributed by atoms with E-state index in [9.17, 15) is 0 Å². The van der Waals surface area contributed by atoms with E-state index >= 15 is 0 Å². The first-order chi connectivity index (χ1) is 35.2. The van der Waals surface area contributed by atoms with E-state index < -0.39 is 0 Å². The van der Waals surface area contributed by atoms with Crippen LogP contribution in [-0.2, 0) is 0 Å². The van der Waals surface area contributed by atoms with E-state index in [1.807, 2.05) is 11.3 Å². The summed E-state index contributed by atoms with van der Waals surface area (Å²) in [6.45, 7) is 0. The summed E-state index contributed by atoms with van der Waals surface area (Å²) < 4.78 is 10.1. The van der Waals surface area contributed by atoms with Gasteiger partial charge in [-0.15, -0.1) is 11.3 Å². The first kappa shape index (κ1) is 39.9. The predicted octanol–water partition coefficient (Wildman–Crippen LogP) is 19.1. The van der Waals surface area contributed by atoms with Crippen LogP contribution in [0.25, 0.3) is 147 Å². The summed E-state index contributed by atoms with van der Waals surface area (Å²) in [5, 5.41) is 13.1. The molecule has 0 radical (unpaired) electrons. The van der Waals surface area contributed by atoms with E-state index in [-0.39, 0.29) is 0 Å². The first-order valence-corrected chi connectivity index (χ1v) is 25.0. The Labute approximate surface area is 412 Å². The van der Waals surface area contributed by atoms with Crippen molar-refractivity contribution in [2.45, 2.75) is 0 Å². The number of imidazole rings is 1. The van der Waals surface area contributed by atoms with Crippen molar-refractivity contribution in [3.8, 4) is 60.9 Å². The molecule has 330 valence electrons. The molecule has 0 unspecified atom stereocenters. The van der Waals surface area contributed by atoms with Crippen LogP contribution in [0.4, 0.5) is 0 Å². The van der Waals surface area contributed by atoms with Crippen LogP contribution in [0.5, 0.6) is 0 Å². The molecule has 0 aliphatic heterocycles. The van der Waals surface area contributed by atoms with Gasteiger partial charge in [0.15, 0.2) is 0 Å². The number of benzene rings is 12. The maximum absolute atomic E-state index is 6.55. The van der Waals surface area contributed by atoms with Crippen molar-refractivity contribution in [1.29, 1.82) is 0 Å². The minimum absolute atomic E-state index is 0.872. The first-order valence-electron chi connectivity index (χ1n) is 24.2. The molecule has 0 atom stereocenters. The number of furan rings is 1. The highest BCUT2D eigenvalue weighted by Crippen LogP contribution is 2.49. The lowest BCUT2D eigenvalue weighted by molar-refractivity contribution is 0.669. The van der Waals surface area contributed by atoms with Crippen LogP contribution in [0.2, 0.25) is 0 Å². The van der Waals surface area contributed by atoms with Gasteiger partial charge in [-0.3, -0.25) is 4.57 Å². The molecule has 3 nitrogen and oxygen atoms in total. The number of fused-ring (bicyclic) bond motifs is 9. The number of nitrogens with zero attached hydrogens (tertiary/aromatic N) is 2. The summed E-state index contributed by atoms with van der Waals surface area (Å²) in [5.74, 6) is 0.885. The second-order valence-corrected chi connectivity index (χ2v) is 19.7. The average molecular weight is 921 g/mol. The molecule has 15 aromatic rings. The van der Waals surface area contributed by atoms with E-state index in [4.69, 9.17) is 9.40 Å². The maximum atomic E-state index is 6.55. The lowest BCUT2D eigenvalue weighted by Gasteiger charge is -2.20. The van der Waals surface area contributed by atoms with Crippen molar-refractivity contribution in [3.05, 3.63) is 243 Å². The number of thiophene rings is 1. The summed E-state index contributed by atoms with van der Waals surface area (Å²) in [4.78, 5) is 6.72. The molecule has 0 saturated carbocycles. The Morgan fingerprint density at radius 2 is 0.986 bits per heavy atom. The highest BCUT2D eigenvalue weighted by atomic mass is 32.1. The average Bonchev–Trinajstić information content (AvgIpc) is 4.15. The second-order valence-electron chi connectivity index (χ2n) is 18.6. The minimum atomic E-state index is 0.872. The second kappa shape index (κ2) is 15.7. The molecule has 0 fully saturated rings. The third-order valence-corrected chi connectivity index (χ3v) is 15.7. The summed E-state index contributed by atoms with van der Waals surface area (Å²) in [6.07, 6.45) is 0. The smallest absolute Gasteiger partial charge is 0.145 e. The number of hydrogen-bond acceptors (Lipinski definition) is 3. The van der Waals surface area contributed by atoms with E-state index in [1.165, 1.54) is 80.3 Å². The third-order valence-electron chi connectivity index (χ3n) is 14.5. The molecule has 3 heterocycles. The van der Waals surface area contributed by atoms with Crippen LogP contribution in [0.3, 0.4) is 0 Å². The molecule has 15 rings (SSSR count). The SMILES string of the molecule is c1ccc(-n2c(-c3cc(-c4ccc5oc6cc7ccccc7cc6c5c4)cc(-c4c5ccccc5c(-c5cc6ccccc6s5)c5cc(-c6cccc7ccccc67)ccc45)c3)nc3ccccc32)cc1. The summed E-state index contributed by atoms with van der Waals surface area (Å²) in [6, 6.07) is 88.5. The molecule has 3 aromatic heterocycles. The van der Waals surface area contributed by atoms with Gasteiger partial charge in [0.25, 0.3) is 0 Å². The highest BCUT2D eigenvalue weighted by molar-refractivity contribution is 7.22. The van der Waals surface area contributed by atoms with Crippen LogP contribution in [0, 0.1) is 0 Å². The molecule has 0 amide bonds. The van der Waals surface area contributed by atoms with Crippen LogP contribution in [-0.4, -0.2) is 9.55 Å². The number of para-hydroxylation sites is 3. The van der Waals surface area contributed by atoms with Gasteiger partial charge in [0.2, 0.25) is 0 Å². The van der Waals surface area contributed by atoms with Gasteiger partial charge >= 0.3 is 0 Å². The van der Waals surface area contributed by atoms with Crippen molar-refractivity contribution < 1.29 is 4.42 Å². The van der Waals surface area contributed by atoms with E-state index in [1.54, 1.807) is 0 Å². The maximum Gasteiger partial charge on any atom is 0.145 e. The Kier molecular flexibility index (Phi) is 8.83. The largest absolute Gasteiger partial charge is 0.456 e. The summed E-state index contributed by atoms with van der Waals surface area (Å²) in [7, 11) is 0. The zero-order valence-electron chi connectivity index (χ0n) is 38.3. The van der Waals surface area contributed by atoms with E-state index in [0.29, 0.717) is 0 Å². The number of rotatable bonds is 6. The molecule has 0 N–H and O–H groups in total. The van der Waals surface area contributed by atoms with Crippen molar-refractivity contribution >= 4 is 97.5 Å². The van der Waals surface area contributed by atoms with Gasteiger partial charge in [-0.1, -0.05) is 158 Å². The van der Waals surface area contributed by atoms with Gasteiger partial charge < -0.3 is 4.42 Å². The monoisotopic (exact) mass is 920 g/mol. The van der Waals surface area contributed by atoms with Crippen LogP contribution in [0.1, 0.15) is 0 Å². The quantitative estimate of drug-likeness (QED) is 0.156. The molecule has 12 aromatic carbocycles. The molecule has 4 heteroatoms. The van der Waals surface area contributed by atoms with Crippen LogP contribution < -0.4 is 0 Å². The molecular formula is C67H40N2OS. The Morgan fingerprint density at radius 1 is 0.352 bits per heavy atom. The Bertz CT molecular complexity index is 4610. The number of aromatic nitrogens is 2. The lowest BCUT2D eigenvalue weighted by atomic mass is 9.85. The molecule has 0 aliphatic rings. The predicted molar refractivity (Wildman–Crippen MR) is 301 cm³/mol. The minimum Gasteiger partial charge on any atom is -0.456 e. The van der Waals surface area contributed by atoms with Gasteiger partial charge in [-0.05, 0) is 167 Å². The molecule has 0 saturated heterocycles. The molecular weight excluding hydrogens is 881 g/mol. The fraction of sp³-hybridized carbons (Fsp3) is 0. The summed E-state index contributed by atoms with van der Waals surface area (Å²) >= 11 is 1.87. The lowest BCUT2D eigenvalue weighted by Crippen LogP contribution is -1.98. The zero-order chi connectivity index (χ0) is 46.6. The van der Waals surface area contributed by atoms with Gasteiger partial charge in [0.05, 0.1) is 11.0 Å². The van der Waals surface area contributed by atoms with Gasteiger partial charge in [-0.25, -0.2) is 4.98 Å². The zero-order valence-corrected chi connectivity index (χ0v) is 39.1. The molecule has 0 aliphatic carbocycles. The van der Waals surface area contributed by atoms with Gasteiger partial charge in [-0.2, -0.15) is 0 Å². The number of hydrogen-bond donors (Lipinski definition) is 0. The Balaban J connectivity index is 1.05. The van der Waals surface area contributed by atoms with Crippen molar-refractivity contribution in [2.75, 3.05) is 0 Å². The third kappa shape index (κ3) is 6.39. The van der Waals surface area contributed by atoms with Crippen LogP contribution >= 0.6 is 11.3 Å².